The van der Waals surface area contributed by atoms with Crippen LogP contribution in [-0.4, -0.2) is 32.1 Å². The van der Waals surface area contributed by atoms with Crippen LogP contribution in [0.25, 0.3) is 0 Å². The summed E-state index contributed by atoms with van der Waals surface area (Å²) in [4.78, 5) is 2.23. The highest BCUT2D eigenvalue weighted by Gasteiger charge is 2.15. The highest BCUT2D eigenvalue weighted by molar-refractivity contribution is 5.39. The van der Waals surface area contributed by atoms with Crippen LogP contribution < -0.4 is 5.32 Å². The van der Waals surface area contributed by atoms with Gasteiger partial charge in [0.1, 0.15) is 0 Å². The average molecular weight is 296 g/mol. The molecule has 0 amide bonds. The van der Waals surface area contributed by atoms with E-state index in [1.54, 1.807) is 0 Å². The molecule has 118 valence electrons. The van der Waals surface area contributed by atoms with Gasteiger partial charge in [-0.25, -0.2) is 0 Å². The van der Waals surface area contributed by atoms with E-state index in [4.69, 9.17) is 0 Å². The van der Waals surface area contributed by atoms with Crippen molar-refractivity contribution in [3.8, 4) is 0 Å². The second-order valence-electron chi connectivity index (χ2n) is 6.31. The Morgan fingerprint density at radius 1 is 1.00 bits per heavy atom. The first kappa shape index (κ1) is 16.7. The van der Waals surface area contributed by atoms with Crippen molar-refractivity contribution in [1.29, 1.82) is 0 Å². The molecule has 0 aromatic heterocycles. The van der Waals surface area contributed by atoms with E-state index in [0.29, 0.717) is 0 Å². The van der Waals surface area contributed by atoms with Gasteiger partial charge >= 0.3 is 0 Å². The molecule has 22 heavy (non-hydrogen) atoms. The minimum atomic E-state index is 0.267. The molecule has 0 spiro atoms. The predicted molar refractivity (Wildman–Crippen MR) is 95.4 cm³/mol. The molecule has 0 fully saturated rings. The predicted octanol–water partition coefficient (Wildman–Crippen LogP) is 3.93. The third kappa shape index (κ3) is 4.69. The number of aryl methyl sites for hydroxylation is 2. The normalized spacial score (nSPS) is 12.6. The second kappa shape index (κ2) is 8.11. The van der Waals surface area contributed by atoms with Gasteiger partial charge in [0.25, 0.3) is 0 Å². The van der Waals surface area contributed by atoms with Crippen molar-refractivity contribution in [2.45, 2.75) is 26.3 Å². The lowest BCUT2D eigenvalue weighted by Gasteiger charge is -2.23. The summed E-state index contributed by atoms with van der Waals surface area (Å²) in [5.74, 6) is 0. The summed E-state index contributed by atoms with van der Waals surface area (Å²) in [5.41, 5.74) is 5.38. The Kier molecular flexibility index (Phi) is 6.17. The Labute approximate surface area is 135 Å². The first-order valence-electron chi connectivity index (χ1n) is 8.08. The van der Waals surface area contributed by atoms with Gasteiger partial charge in [0, 0.05) is 0 Å². The monoisotopic (exact) mass is 296 g/mol. The first-order valence-corrected chi connectivity index (χ1v) is 8.08. The third-order valence-corrected chi connectivity index (χ3v) is 4.01. The molecule has 1 atom stereocenters. The summed E-state index contributed by atoms with van der Waals surface area (Å²) in [7, 11) is 4.25. The molecule has 0 saturated heterocycles. The van der Waals surface area contributed by atoms with Crippen molar-refractivity contribution < 1.29 is 0 Å². The summed E-state index contributed by atoms with van der Waals surface area (Å²) in [6, 6.07) is 17.7. The van der Waals surface area contributed by atoms with Crippen LogP contribution in [0, 0.1) is 13.8 Å². The van der Waals surface area contributed by atoms with E-state index in [1.165, 1.54) is 22.3 Å². The van der Waals surface area contributed by atoms with Crippen LogP contribution in [0.2, 0.25) is 0 Å². The van der Waals surface area contributed by atoms with Gasteiger partial charge in [-0.2, -0.15) is 0 Å². The first-order chi connectivity index (χ1) is 10.6. The van der Waals surface area contributed by atoms with Crippen LogP contribution in [0.15, 0.2) is 48.5 Å². The number of benzene rings is 2. The lowest BCUT2D eigenvalue weighted by atomic mass is 9.93. The van der Waals surface area contributed by atoms with Crippen molar-refractivity contribution in [3.63, 3.8) is 0 Å². The van der Waals surface area contributed by atoms with Crippen LogP contribution in [0.1, 0.15) is 34.7 Å². The zero-order chi connectivity index (χ0) is 15.9. The standard InChI is InChI=1S/C20H28N2/c1-16-11-12-17(2)19(15-16)20(18-9-6-5-7-10-18)21-13-8-14-22(3)4/h5-7,9-12,15,20-21H,8,13-14H2,1-4H3. The van der Waals surface area contributed by atoms with E-state index in [-0.39, 0.29) is 6.04 Å². The summed E-state index contributed by atoms with van der Waals surface area (Å²) < 4.78 is 0. The van der Waals surface area contributed by atoms with E-state index >= 15 is 0 Å². The molecule has 2 heteroatoms. The van der Waals surface area contributed by atoms with Crippen LogP contribution in [0.5, 0.6) is 0 Å². The summed E-state index contributed by atoms with van der Waals surface area (Å²) in [6.45, 7) is 6.50. The third-order valence-electron chi connectivity index (χ3n) is 4.01. The average Bonchev–Trinajstić information content (AvgIpc) is 2.51. The number of hydrogen-bond acceptors (Lipinski definition) is 2. The van der Waals surface area contributed by atoms with Gasteiger partial charge in [-0.3, -0.25) is 0 Å². The van der Waals surface area contributed by atoms with E-state index in [9.17, 15) is 0 Å². The van der Waals surface area contributed by atoms with Gasteiger partial charge in [-0.15, -0.1) is 0 Å². The number of nitrogens with zero attached hydrogens (tertiary/aromatic N) is 1. The molecule has 1 unspecified atom stereocenters. The molecule has 0 radical (unpaired) electrons. The quantitative estimate of drug-likeness (QED) is 0.779. The molecule has 2 rings (SSSR count). The van der Waals surface area contributed by atoms with E-state index in [0.717, 1.165) is 19.5 Å². The van der Waals surface area contributed by atoms with E-state index in [1.807, 2.05) is 0 Å². The van der Waals surface area contributed by atoms with Crippen molar-refractivity contribution in [1.82, 2.24) is 10.2 Å². The number of nitrogens with one attached hydrogen (secondary N) is 1. The maximum Gasteiger partial charge on any atom is 0.0579 e. The SMILES string of the molecule is Cc1ccc(C)c(C(NCCCN(C)C)c2ccccc2)c1. The fourth-order valence-electron chi connectivity index (χ4n) is 2.77. The Bertz CT molecular complexity index is 576. The molecule has 0 heterocycles. The molecule has 0 aliphatic rings. The summed E-state index contributed by atoms with van der Waals surface area (Å²) in [6.07, 6.45) is 1.15. The van der Waals surface area contributed by atoms with Gasteiger partial charge in [0.2, 0.25) is 0 Å². The minimum Gasteiger partial charge on any atom is -0.309 e. The fourth-order valence-corrected chi connectivity index (χ4v) is 2.77. The zero-order valence-corrected chi connectivity index (χ0v) is 14.3. The highest BCUT2D eigenvalue weighted by atomic mass is 15.1. The smallest absolute Gasteiger partial charge is 0.0579 e. The molecule has 0 bridgehead atoms. The molecule has 2 aromatic rings. The van der Waals surface area contributed by atoms with Crippen LogP contribution in [-0.2, 0) is 0 Å². The van der Waals surface area contributed by atoms with Crippen molar-refractivity contribution >= 4 is 0 Å². The van der Waals surface area contributed by atoms with Crippen molar-refractivity contribution in [3.05, 3.63) is 70.8 Å². The lowest BCUT2D eigenvalue weighted by Crippen LogP contribution is -2.26. The maximum atomic E-state index is 3.75. The molecule has 0 saturated carbocycles. The van der Waals surface area contributed by atoms with Crippen LogP contribution in [0.4, 0.5) is 0 Å². The van der Waals surface area contributed by atoms with Gasteiger partial charge in [0.05, 0.1) is 6.04 Å². The zero-order valence-electron chi connectivity index (χ0n) is 14.3. The highest BCUT2D eigenvalue weighted by Crippen LogP contribution is 2.25. The topological polar surface area (TPSA) is 15.3 Å². The Morgan fingerprint density at radius 2 is 1.73 bits per heavy atom. The Hall–Kier alpha value is -1.64. The summed E-state index contributed by atoms with van der Waals surface area (Å²) in [5, 5.41) is 3.75. The minimum absolute atomic E-state index is 0.267. The molecule has 1 N–H and O–H groups in total. The van der Waals surface area contributed by atoms with Crippen LogP contribution in [0.3, 0.4) is 0 Å². The maximum absolute atomic E-state index is 3.75. The van der Waals surface area contributed by atoms with Crippen molar-refractivity contribution in [2.75, 3.05) is 27.2 Å². The largest absolute Gasteiger partial charge is 0.309 e. The van der Waals surface area contributed by atoms with Gasteiger partial charge in [-0.05, 0) is 64.1 Å². The molecule has 2 aromatic carbocycles. The lowest BCUT2D eigenvalue weighted by molar-refractivity contribution is 0.391. The molecule has 2 nitrogen and oxygen atoms in total. The number of hydrogen-bond donors (Lipinski definition) is 1. The van der Waals surface area contributed by atoms with Crippen molar-refractivity contribution in [2.24, 2.45) is 0 Å². The molecular weight excluding hydrogens is 268 g/mol. The van der Waals surface area contributed by atoms with E-state index < -0.39 is 0 Å². The number of rotatable bonds is 7. The van der Waals surface area contributed by atoms with Gasteiger partial charge in [-0.1, -0.05) is 54.1 Å². The Morgan fingerprint density at radius 3 is 2.41 bits per heavy atom. The van der Waals surface area contributed by atoms with Gasteiger partial charge < -0.3 is 10.2 Å². The summed E-state index contributed by atoms with van der Waals surface area (Å²) >= 11 is 0. The second-order valence-corrected chi connectivity index (χ2v) is 6.31. The fraction of sp³-hybridized carbons (Fsp3) is 0.400. The molecule has 0 aliphatic carbocycles. The Balaban J connectivity index is 2.20. The van der Waals surface area contributed by atoms with Crippen LogP contribution >= 0.6 is 0 Å². The van der Waals surface area contributed by atoms with E-state index in [2.05, 4.69) is 86.7 Å². The van der Waals surface area contributed by atoms with Gasteiger partial charge in [0.15, 0.2) is 0 Å². The molecular formula is C20H28N2. The molecule has 0 aliphatic heterocycles.